The maximum Gasteiger partial charge on any atom is 0.375 e. The monoisotopic (exact) mass is 285 g/mol. The van der Waals surface area contributed by atoms with E-state index < -0.39 is 10.9 Å². The normalized spacial score (nSPS) is 10.7. The number of carboxylic acid groups (broad SMARTS) is 1. The summed E-state index contributed by atoms with van der Waals surface area (Å²) in [5, 5.41) is 31.1. The summed E-state index contributed by atoms with van der Waals surface area (Å²) in [5.41, 5.74) is 1.09. The van der Waals surface area contributed by atoms with Gasteiger partial charge in [-0.3, -0.25) is 10.1 Å². The first-order chi connectivity index (χ1) is 10.1. The Balaban J connectivity index is 2.16. The summed E-state index contributed by atoms with van der Waals surface area (Å²) in [6.07, 6.45) is 0. The third-order valence-electron chi connectivity index (χ3n) is 2.81. The number of non-ortho nitro benzene ring substituents is 1. The summed E-state index contributed by atoms with van der Waals surface area (Å²) >= 11 is 0. The molecule has 0 atom stereocenters. The molecule has 0 radical (unpaired) electrons. The van der Waals surface area contributed by atoms with Gasteiger partial charge >= 0.3 is 5.97 Å². The molecular weight excluding hydrogens is 278 g/mol. The van der Waals surface area contributed by atoms with E-state index in [-0.39, 0.29) is 17.2 Å². The number of carboxylic acids is 1. The van der Waals surface area contributed by atoms with Crippen LogP contribution in [0.25, 0.3) is 16.9 Å². The van der Waals surface area contributed by atoms with E-state index in [0.717, 1.165) is 4.52 Å². The van der Waals surface area contributed by atoms with Gasteiger partial charge in [-0.1, -0.05) is 12.1 Å². The van der Waals surface area contributed by atoms with E-state index >= 15 is 0 Å². The third-order valence-corrected chi connectivity index (χ3v) is 2.81. The van der Waals surface area contributed by atoms with Gasteiger partial charge in [0.25, 0.3) is 11.5 Å². The molecule has 1 N–H and O–H groups in total. The summed E-state index contributed by atoms with van der Waals surface area (Å²) in [6.45, 7) is 0. The fourth-order valence-corrected chi connectivity index (χ4v) is 1.86. The van der Waals surface area contributed by atoms with Crippen LogP contribution in [0.3, 0.4) is 0 Å². The third kappa shape index (κ3) is 2.16. The van der Waals surface area contributed by atoms with Crippen molar-refractivity contribution < 1.29 is 14.8 Å². The summed E-state index contributed by atoms with van der Waals surface area (Å²) in [7, 11) is 0. The molecule has 21 heavy (non-hydrogen) atoms. The average molecular weight is 285 g/mol. The van der Waals surface area contributed by atoms with E-state index in [4.69, 9.17) is 5.11 Å². The largest absolute Gasteiger partial charge is 0.475 e. The quantitative estimate of drug-likeness (QED) is 0.569. The van der Waals surface area contributed by atoms with Crippen molar-refractivity contribution in [3.8, 4) is 11.3 Å². The summed E-state index contributed by atoms with van der Waals surface area (Å²) in [6, 6.07) is 9.04. The first-order valence-electron chi connectivity index (χ1n) is 5.77. The Kier molecular flexibility index (Phi) is 2.79. The van der Waals surface area contributed by atoms with Gasteiger partial charge in [-0.05, 0) is 12.1 Å². The predicted molar refractivity (Wildman–Crippen MR) is 69.8 cm³/mol. The Morgan fingerprint density at radius 3 is 2.76 bits per heavy atom. The standard InChI is InChI=1S/C12H7N5O4/c18-12(19)11-14-13-10-5-4-9(15-16(10)11)7-2-1-3-8(6-7)17(20)21/h1-6H,(H,18,19). The number of fused-ring (bicyclic) bond motifs is 1. The number of hydrogen-bond acceptors (Lipinski definition) is 6. The minimum absolute atomic E-state index is 0.0726. The molecule has 0 fully saturated rings. The lowest BCUT2D eigenvalue weighted by Gasteiger charge is -2.02. The molecular formula is C12H7N5O4. The Bertz CT molecular complexity index is 873. The van der Waals surface area contributed by atoms with Gasteiger partial charge in [0.05, 0.1) is 10.6 Å². The van der Waals surface area contributed by atoms with Gasteiger partial charge in [0.2, 0.25) is 0 Å². The lowest BCUT2D eigenvalue weighted by Crippen LogP contribution is -2.06. The second-order valence-electron chi connectivity index (χ2n) is 4.12. The smallest absolute Gasteiger partial charge is 0.375 e. The highest BCUT2D eigenvalue weighted by molar-refractivity contribution is 5.84. The molecule has 9 nitrogen and oxygen atoms in total. The second-order valence-corrected chi connectivity index (χ2v) is 4.12. The number of aromatic carboxylic acids is 1. The number of nitro groups is 1. The second kappa shape index (κ2) is 4.63. The van der Waals surface area contributed by atoms with Crippen molar-refractivity contribution in [3.63, 3.8) is 0 Å². The summed E-state index contributed by atoms with van der Waals surface area (Å²) in [5.74, 6) is -1.58. The highest BCUT2D eigenvalue weighted by Gasteiger charge is 2.15. The van der Waals surface area contributed by atoms with E-state index in [1.54, 1.807) is 18.2 Å². The molecule has 0 aliphatic carbocycles. The molecule has 0 spiro atoms. The first-order valence-corrected chi connectivity index (χ1v) is 5.77. The van der Waals surface area contributed by atoms with E-state index in [1.165, 1.54) is 18.2 Å². The number of carbonyl (C=O) groups is 1. The highest BCUT2D eigenvalue weighted by Crippen LogP contribution is 2.22. The summed E-state index contributed by atoms with van der Waals surface area (Å²) in [4.78, 5) is 21.3. The molecule has 1 aromatic carbocycles. The van der Waals surface area contributed by atoms with Crippen LogP contribution in [0, 0.1) is 10.1 Å². The minimum Gasteiger partial charge on any atom is -0.475 e. The lowest BCUT2D eigenvalue weighted by atomic mass is 10.1. The van der Waals surface area contributed by atoms with Crippen LogP contribution in [-0.2, 0) is 0 Å². The number of hydrogen-bond donors (Lipinski definition) is 1. The Morgan fingerprint density at radius 2 is 2.05 bits per heavy atom. The molecule has 2 aromatic heterocycles. The van der Waals surface area contributed by atoms with E-state index in [9.17, 15) is 14.9 Å². The van der Waals surface area contributed by atoms with Crippen molar-refractivity contribution in [2.24, 2.45) is 0 Å². The maximum absolute atomic E-state index is 11.0. The number of aromatic nitrogens is 4. The van der Waals surface area contributed by atoms with Crippen molar-refractivity contribution in [2.75, 3.05) is 0 Å². The topological polar surface area (TPSA) is 124 Å². The highest BCUT2D eigenvalue weighted by atomic mass is 16.6. The molecule has 0 bridgehead atoms. The van der Waals surface area contributed by atoms with Crippen LogP contribution in [0.1, 0.15) is 10.6 Å². The number of benzene rings is 1. The van der Waals surface area contributed by atoms with Gasteiger partial charge in [-0.2, -0.15) is 9.61 Å². The lowest BCUT2D eigenvalue weighted by molar-refractivity contribution is -0.384. The van der Waals surface area contributed by atoms with Crippen molar-refractivity contribution >= 4 is 17.3 Å². The number of rotatable bonds is 3. The number of nitro benzene ring substituents is 1. The van der Waals surface area contributed by atoms with Crippen molar-refractivity contribution in [2.45, 2.75) is 0 Å². The SMILES string of the molecule is O=C(O)c1nnc2ccc(-c3cccc([N+](=O)[O-])c3)nn12. The molecule has 0 unspecified atom stereocenters. The zero-order valence-electron chi connectivity index (χ0n) is 10.4. The predicted octanol–water partition coefficient (Wildman–Crippen LogP) is 1.40. The van der Waals surface area contributed by atoms with Crippen LogP contribution in [-0.4, -0.2) is 35.8 Å². The molecule has 0 saturated heterocycles. The molecule has 0 aliphatic heterocycles. The molecule has 0 aliphatic rings. The van der Waals surface area contributed by atoms with Gasteiger partial charge in [-0.25, -0.2) is 4.79 Å². The molecule has 3 aromatic rings. The fraction of sp³-hybridized carbons (Fsp3) is 0. The van der Waals surface area contributed by atoms with Crippen LogP contribution in [0.4, 0.5) is 5.69 Å². The average Bonchev–Trinajstić information content (AvgIpc) is 2.90. The van der Waals surface area contributed by atoms with Gasteiger partial charge < -0.3 is 5.11 Å². The molecule has 3 rings (SSSR count). The van der Waals surface area contributed by atoms with Crippen LogP contribution in [0.2, 0.25) is 0 Å². The van der Waals surface area contributed by atoms with Gasteiger partial charge in [0, 0.05) is 17.7 Å². The van der Waals surface area contributed by atoms with Crippen LogP contribution < -0.4 is 0 Å². The zero-order chi connectivity index (χ0) is 15.0. The van der Waals surface area contributed by atoms with Crippen molar-refractivity contribution in [1.82, 2.24) is 19.8 Å². The Hall–Kier alpha value is -3.36. The van der Waals surface area contributed by atoms with Crippen LogP contribution >= 0.6 is 0 Å². The van der Waals surface area contributed by atoms with Gasteiger partial charge in [-0.15, -0.1) is 10.2 Å². The molecule has 2 heterocycles. The molecule has 9 heteroatoms. The van der Waals surface area contributed by atoms with E-state index in [1.807, 2.05) is 0 Å². The molecule has 0 saturated carbocycles. The molecule has 104 valence electrons. The summed E-state index contributed by atoms with van der Waals surface area (Å²) < 4.78 is 1.08. The number of nitrogens with zero attached hydrogens (tertiary/aromatic N) is 5. The van der Waals surface area contributed by atoms with Crippen molar-refractivity contribution in [1.29, 1.82) is 0 Å². The van der Waals surface area contributed by atoms with Crippen LogP contribution in [0.5, 0.6) is 0 Å². The maximum atomic E-state index is 11.0. The Morgan fingerprint density at radius 1 is 1.24 bits per heavy atom. The fourth-order valence-electron chi connectivity index (χ4n) is 1.86. The van der Waals surface area contributed by atoms with Crippen LogP contribution in [0.15, 0.2) is 36.4 Å². The van der Waals surface area contributed by atoms with E-state index in [0.29, 0.717) is 11.3 Å². The van der Waals surface area contributed by atoms with E-state index in [2.05, 4.69) is 15.3 Å². The Labute approximate surface area is 116 Å². The first kappa shape index (κ1) is 12.7. The van der Waals surface area contributed by atoms with Gasteiger partial charge in [0.15, 0.2) is 5.65 Å². The molecule has 0 amide bonds. The van der Waals surface area contributed by atoms with Gasteiger partial charge in [0.1, 0.15) is 0 Å². The van der Waals surface area contributed by atoms with Crippen molar-refractivity contribution in [3.05, 3.63) is 52.3 Å². The minimum atomic E-state index is -1.26. The zero-order valence-corrected chi connectivity index (χ0v) is 10.4.